The average Bonchev–Trinajstić information content (AvgIpc) is 2.91. The Hall–Kier alpha value is -2.92. The van der Waals surface area contributed by atoms with Crippen LogP contribution in [0.2, 0.25) is 0 Å². The molecule has 27 heavy (non-hydrogen) atoms. The first kappa shape index (κ1) is 17.5. The van der Waals surface area contributed by atoms with Crippen molar-refractivity contribution in [2.45, 2.75) is 13.0 Å². The number of aromatic nitrogens is 2. The van der Waals surface area contributed by atoms with Gasteiger partial charge in [-0.25, -0.2) is 9.97 Å². The predicted molar refractivity (Wildman–Crippen MR) is 113 cm³/mol. The number of rotatable bonds is 4. The van der Waals surface area contributed by atoms with Crippen molar-refractivity contribution in [3.63, 3.8) is 0 Å². The highest BCUT2D eigenvalue weighted by Crippen LogP contribution is 2.36. The Morgan fingerprint density at radius 1 is 1.07 bits per heavy atom. The van der Waals surface area contributed by atoms with Gasteiger partial charge < -0.3 is 10.5 Å². The van der Waals surface area contributed by atoms with Crippen molar-refractivity contribution < 1.29 is 4.74 Å². The molecule has 0 saturated heterocycles. The summed E-state index contributed by atoms with van der Waals surface area (Å²) in [6.45, 7) is 0.485. The van der Waals surface area contributed by atoms with E-state index in [2.05, 4.69) is 38.0 Å². The monoisotopic (exact) mass is 419 g/mol. The van der Waals surface area contributed by atoms with Crippen LogP contribution in [0.25, 0.3) is 16.5 Å². The van der Waals surface area contributed by atoms with Crippen molar-refractivity contribution >= 4 is 38.2 Å². The number of ether oxygens (including phenoxy) is 1. The lowest BCUT2D eigenvalue weighted by Crippen LogP contribution is -2.01. The fourth-order valence-electron chi connectivity index (χ4n) is 3.05. The van der Waals surface area contributed by atoms with Crippen molar-refractivity contribution in [1.82, 2.24) is 9.97 Å². The molecule has 0 atom stereocenters. The van der Waals surface area contributed by atoms with Crippen LogP contribution in [0.3, 0.4) is 0 Å². The molecule has 1 aromatic heterocycles. The minimum absolute atomic E-state index is 0.466. The van der Waals surface area contributed by atoms with E-state index >= 15 is 0 Å². The Labute approximate surface area is 166 Å². The number of benzene rings is 2. The molecule has 0 saturated carbocycles. The van der Waals surface area contributed by atoms with Crippen molar-refractivity contribution in [2.75, 3.05) is 5.73 Å². The van der Waals surface area contributed by atoms with Crippen LogP contribution in [0, 0.1) is 0 Å². The third-order valence-corrected chi connectivity index (χ3v) is 4.98. The van der Waals surface area contributed by atoms with E-state index in [-0.39, 0.29) is 0 Å². The number of halogens is 1. The summed E-state index contributed by atoms with van der Waals surface area (Å²) in [6.07, 6.45) is 10.6. The Morgan fingerprint density at radius 2 is 1.93 bits per heavy atom. The highest BCUT2D eigenvalue weighted by molar-refractivity contribution is 9.11. The number of nitrogens with zero attached hydrogens (tertiary/aromatic N) is 2. The molecule has 0 fully saturated rings. The molecule has 5 heteroatoms. The molecule has 4 nitrogen and oxygen atoms in total. The first-order valence-electron chi connectivity index (χ1n) is 8.65. The standard InChI is InChI=1S/C22H18BrN3O/c23-17-8-4-7-16(9-10-17)20-19(27-13-15-5-2-1-3-6-15)12-11-18-21(20)25-14-26-22(18)24/h1-9,11-12,14H,10,13H2,(H2,24,25,26). The summed E-state index contributed by atoms with van der Waals surface area (Å²) in [5.74, 6) is 1.24. The van der Waals surface area contributed by atoms with Crippen LogP contribution in [0.5, 0.6) is 5.75 Å². The van der Waals surface area contributed by atoms with Gasteiger partial charge >= 0.3 is 0 Å². The largest absolute Gasteiger partial charge is 0.488 e. The van der Waals surface area contributed by atoms with E-state index in [1.807, 2.05) is 54.6 Å². The first-order valence-corrected chi connectivity index (χ1v) is 9.45. The fraction of sp³-hybridized carbons (Fsp3) is 0.0909. The van der Waals surface area contributed by atoms with E-state index in [4.69, 9.17) is 10.5 Å². The molecule has 2 N–H and O–H groups in total. The van der Waals surface area contributed by atoms with Gasteiger partial charge in [0.1, 0.15) is 24.5 Å². The molecule has 0 amide bonds. The highest BCUT2D eigenvalue weighted by atomic mass is 79.9. The maximum Gasteiger partial charge on any atom is 0.134 e. The van der Waals surface area contributed by atoms with Gasteiger partial charge in [-0.2, -0.15) is 0 Å². The smallest absolute Gasteiger partial charge is 0.134 e. The van der Waals surface area contributed by atoms with E-state index in [9.17, 15) is 0 Å². The van der Waals surface area contributed by atoms with E-state index in [1.54, 1.807) is 0 Å². The third-order valence-electron chi connectivity index (χ3n) is 4.39. The van der Waals surface area contributed by atoms with E-state index in [1.165, 1.54) is 6.33 Å². The quantitative estimate of drug-likeness (QED) is 0.613. The molecule has 0 unspecified atom stereocenters. The molecule has 0 aliphatic heterocycles. The van der Waals surface area contributed by atoms with E-state index in [0.29, 0.717) is 12.4 Å². The number of hydrogen-bond donors (Lipinski definition) is 1. The Bertz CT molecular complexity index is 1070. The number of nitrogens with two attached hydrogens (primary N) is 1. The van der Waals surface area contributed by atoms with Gasteiger partial charge in [0.25, 0.3) is 0 Å². The van der Waals surface area contributed by atoms with E-state index in [0.717, 1.165) is 44.3 Å². The second kappa shape index (κ2) is 7.76. The zero-order chi connectivity index (χ0) is 18.6. The summed E-state index contributed by atoms with van der Waals surface area (Å²) in [4.78, 5) is 8.63. The molecule has 1 aliphatic rings. The van der Waals surface area contributed by atoms with Crippen molar-refractivity contribution in [3.8, 4) is 5.75 Å². The summed E-state index contributed by atoms with van der Waals surface area (Å²) in [5, 5.41) is 0.824. The number of allylic oxidation sites excluding steroid dienone is 6. The molecule has 1 aliphatic carbocycles. The van der Waals surface area contributed by atoms with Gasteiger partial charge in [0.05, 0.1) is 5.52 Å². The zero-order valence-corrected chi connectivity index (χ0v) is 16.2. The van der Waals surface area contributed by atoms with Gasteiger partial charge in [0, 0.05) is 10.9 Å². The second-order valence-corrected chi connectivity index (χ2v) is 7.22. The second-order valence-electron chi connectivity index (χ2n) is 6.20. The summed E-state index contributed by atoms with van der Waals surface area (Å²) >= 11 is 3.57. The first-order chi connectivity index (χ1) is 13.2. The molecular formula is C22H18BrN3O. The van der Waals surface area contributed by atoms with Crippen LogP contribution in [0.4, 0.5) is 5.82 Å². The van der Waals surface area contributed by atoms with Gasteiger partial charge in [0.15, 0.2) is 0 Å². The van der Waals surface area contributed by atoms with Crippen LogP contribution in [0.1, 0.15) is 17.5 Å². The number of nitrogen functional groups attached to an aromatic ring is 1. The molecule has 0 spiro atoms. The molecule has 3 aromatic rings. The van der Waals surface area contributed by atoms with Crippen LogP contribution in [0.15, 0.2) is 77.6 Å². The lowest BCUT2D eigenvalue weighted by molar-refractivity contribution is 0.306. The summed E-state index contributed by atoms with van der Waals surface area (Å²) in [7, 11) is 0. The summed E-state index contributed by atoms with van der Waals surface area (Å²) in [5.41, 5.74) is 9.96. The van der Waals surface area contributed by atoms with Gasteiger partial charge in [-0.15, -0.1) is 0 Å². The highest BCUT2D eigenvalue weighted by Gasteiger charge is 2.16. The Balaban J connectivity index is 1.81. The van der Waals surface area contributed by atoms with Gasteiger partial charge in [-0.1, -0.05) is 70.6 Å². The molecule has 0 radical (unpaired) electrons. The molecule has 134 valence electrons. The SMILES string of the molecule is Nc1ncnc2c(C3=CCC(Br)=CC=C3)c(OCc3ccccc3)ccc12. The third kappa shape index (κ3) is 3.78. The van der Waals surface area contributed by atoms with Gasteiger partial charge in [-0.05, 0) is 34.2 Å². The number of hydrogen-bond acceptors (Lipinski definition) is 4. The molecular weight excluding hydrogens is 402 g/mol. The maximum absolute atomic E-state index is 6.19. The Morgan fingerprint density at radius 3 is 2.78 bits per heavy atom. The lowest BCUT2D eigenvalue weighted by atomic mass is 10.00. The lowest BCUT2D eigenvalue weighted by Gasteiger charge is -2.15. The normalized spacial score (nSPS) is 13.8. The number of anilines is 1. The van der Waals surface area contributed by atoms with Crippen molar-refractivity contribution in [1.29, 1.82) is 0 Å². The molecule has 0 bridgehead atoms. The average molecular weight is 420 g/mol. The fourth-order valence-corrected chi connectivity index (χ4v) is 3.37. The maximum atomic E-state index is 6.19. The molecule has 1 heterocycles. The Kier molecular flexibility index (Phi) is 5.03. The zero-order valence-electron chi connectivity index (χ0n) is 14.6. The minimum Gasteiger partial charge on any atom is -0.488 e. The van der Waals surface area contributed by atoms with Crippen LogP contribution in [-0.2, 0) is 6.61 Å². The minimum atomic E-state index is 0.466. The van der Waals surface area contributed by atoms with Gasteiger partial charge in [0.2, 0.25) is 0 Å². The summed E-state index contributed by atoms with van der Waals surface area (Å²) in [6, 6.07) is 14.0. The van der Waals surface area contributed by atoms with Gasteiger partial charge in [-0.3, -0.25) is 0 Å². The van der Waals surface area contributed by atoms with Crippen LogP contribution < -0.4 is 10.5 Å². The van der Waals surface area contributed by atoms with Crippen LogP contribution >= 0.6 is 15.9 Å². The van der Waals surface area contributed by atoms with Crippen molar-refractivity contribution in [2.24, 2.45) is 0 Å². The number of fused-ring (bicyclic) bond motifs is 1. The van der Waals surface area contributed by atoms with E-state index < -0.39 is 0 Å². The van der Waals surface area contributed by atoms with Crippen LogP contribution in [-0.4, -0.2) is 9.97 Å². The molecule has 2 aromatic carbocycles. The summed E-state index contributed by atoms with van der Waals surface area (Å²) < 4.78 is 7.31. The topological polar surface area (TPSA) is 61.0 Å². The molecule has 4 rings (SSSR count). The van der Waals surface area contributed by atoms with Crippen molar-refractivity contribution in [3.05, 3.63) is 88.7 Å². The predicted octanol–water partition coefficient (Wildman–Crippen LogP) is 5.41.